The molecule has 7 nitrogen and oxygen atoms in total. The fraction of sp³-hybridized carbons (Fsp3) is 0.250. The maximum absolute atomic E-state index is 11.3. The topological polar surface area (TPSA) is 82.5 Å². The van der Waals surface area contributed by atoms with Gasteiger partial charge in [0.05, 0.1) is 5.71 Å². The van der Waals surface area contributed by atoms with Crippen molar-refractivity contribution in [1.29, 1.82) is 0 Å². The maximum Gasteiger partial charge on any atom is 0.243 e. The summed E-state index contributed by atoms with van der Waals surface area (Å²) in [5.74, 6) is -0.314. The van der Waals surface area contributed by atoms with Crippen molar-refractivity contribution in [2.24, 2.45) is 15.2 Å². The van der Waals surface area contributed by atoms with E-state index in [-0.39, 0.29) is 5.91 Å². The van der Waals surface area contributed by atoms with E-state index < -0.39 is 0 Å². The molecule has 0 aromatic carbocycles. The van der Waals surface area contributed by atoms with E-state index in [2.05, 4.69) is 15.2 Å². The van der Waals surface area contributed by atoms with Crippen LogP contribution in [0.15, 0.2) is 57.4 Å². The molecule has 1 aromatic heterocycles. The SMILES string of the molecule is CC(=O)N=C1C=C(N(C)C)C=CC1=NN=c1c(C)cccn1O. The third-order valence-electron chi connectivity index (χ3n) is 3.15. The smallest absolute Gasteiger partial charge is 0.243 e. The average molecular weight is 313 g/mol. The number of aromatic nitrogens is 1. The van der Waals surface area contributed by atoms with Crippen LogP contribution in [0.3, 0.4) is 0 Å². The third kappa shape index (κ3) is 4.03. The number of likely N-dealkylation sites (N-methyl/N-ethyl adjacent to an activating group) is 1. The Hall–Kier alpha value is -2.96. The van der Waals surface area contributed by atoms with Crippen LogP contribution in [0.25, 0.3) is 0 Å². The molecule has 1 N–H and O–H groups in total. The van der Waals surface area contributed by atoms with Gasteiger partial charge in [-0.3, -0.25) is 4.79 Å². The molecule has 0 aliphatic heterocycles. The minimum Gasteiger partial charge on any atom is -0.427 e. The minimum absolute atomic E-state index is 0.314. The van der Waals surface area contributed by atoms with Gasteiger partial charge in [-0.25, -0.2) is 4.99 Å². The molecule has 2 rings (SSSR count). The van der Waals surface area contributed by atoms with Gasteiger partial charge in [0.25, 0.3) is 0 Å². The Bertz CT molecular complexity index is 787. The Kier molecular flexibility index (Phi) is 4.90. The lowest BCUT2D eigenvalue weighted by Gasteiger charge is -2.17. The first-order chi connectivity index (χ1) is 10.9. The number of carbonyl (C=O) groups excluding carboxylic acids is 1. The van der Waals surface area contributed by atoms with Crippen molar-refractivity contribution in [2.45, 2.75) is 13.8 Å². The lowest BCUT2D eigenvalue weighted by Crippen LogP contribution is -2.22. The first kappa shape index (κ1) is 16.4. The molecule has 0 bridgehead atoms. The largest absolute Gasteiger partial charge is 0.427 e. The summed E-state index contributed by atoms with van der Waals surface area (Å²) in [6, 6.07) is 3.52. The van der Waals surface area contributed by atoms with E-state index in [0.29, 0.717) is 16.9 Å². The molecule has 0 spiro atoms. The van der Waals surface area contributed by atoms with E-state index in [1.165, 1.54) is 13.1 Å². The van der Waals surface area contributed by atoms with Crippen molar-refractivity contribution >= 4 is 17.3 Å². The molecule has 1 heterocycles. The maximum atomic E-state index is 11.3. The van der Waals surface area contributed by atoms with Gasteiger partial charge < -0.3 is 10.1 Å². The van der Waals surface area contributed by atoms with E-state index >= 15 is 0 Å². The van der Waals surface area contributed by atoms with Gasteiger partial charge in [0.1, 0.15) is 5.71 Å². The van der Waals surface area contributed by atoms with Gasteiger partial charge in [0.15, 0.2) is 5.49 Å². The Morgan fingerprint density at radius 2 is 1.96 bits per heavy atom. The van der Waals surface area contributed by atoms with Crippen LogP contribution in [0.4, 0.5) is 0 Å². The van der Waals surface area contributed by atoms with E-state index in [9.17, 15) is 10.0 Å². The number of hydrogen-bond donors (Lipinski definition) is 1. The molecule has 120 valence electrons. The average Bonchev–Trinajstić information content (AvgIpc) is 2.47. The van der Waals surface area contributed by atoms with Gasteiger partial charge in [-0.1, -0.05) is 6.07 Å². The fourth-order valence-electron chi connectivity index (χ4n) is 1.95. The summed E-state index contributed by atoms with van der Waals surface area (Å²) >= 11 is 0. The fourth-order valence-corrected chi connectivity index (χ4v) is 1.95. The molecule has 0 radical (unpaired) electrons. The summed E-state index contributed by atoms with van der Waals surface area (Å²) in [6.45, 7) is 3.20. The number of allylic oxidation sites excluding steroid dienone is 3. The zero-order chi connectivity index (χ0) is 17.0. The molecule has 0 fully saturated rings. The van der Waals surface area contributed by atoms with Crippen LogP contribution in [-0.4, -0.2) is 46.3 Å². The molecule has 0 saturated carbocycles. The lowest BCUT2D eigenvalue weighted by molar-refractivity contribution is -0.115. The highest BCUT2D eigenvalue weighted by Crippen LogP contribution is 2.09. The second-order valence-corrected chi connectivity index (χ2v) is 5.26. The molecule has 23 heavy (non-hydrogen) atoms. The zero-order valence-electron chi connectivity index (χ0n) is 13.6. The number of amides is 1. The number of nitrogens with zero attached hydrogens (tertiary/aromatic N) is 5. The Balaban J connectivity index is 2.50. The molecular weight excluding hydrogens is 294 g/mol. The Morgan fingerprint density at radius 1 is 1.22 bits per heavy atom. The number of carbonyl (C=O) groups is 1. The van der Waals surface area contributed by atoms with Crippen LogP contribution in [0.2, 0.25) is 0 Å². The summed E-state index contributed by atoms with van der Waals surface area (Å²) in [4.78, 5) is 17.2. The molecule has 1 aliphatic rings. The van der Waals surface area contributed by atoms with Crippen molar-refractivity contribution in [3.63, 3.8) is 0 Å². The predicted octanol–water partition coefficient (Wildman–Crippen LogP) is 1.29. The summed E-state index contributed by atoms with van der Waals surface area (Å²) in [7, 11) is 3.80. The number of aliphatic imine (C=N–C) groups is 1. The van der Waals surface area contributed by atoms with E-state index in [0.717, 1.165) is 16.0 Å². The molecule has 1 amide bonds. The van der Waals surface area contributed by atoms with Gasteiger partial charge >= 0.3 is 0 Å². The van der Waals surface area contributed by atoms with Crippen LogP contribution < -0.4 is 5.49 Å². The second kappa shape index (κ2) is 6.87. The molecule has 1 aromatic rings. The monoisotopic (exact) mass is 313 g/mol. The van der Waals surface area contributed by atoms with Crippen molar-refractivity contribution in [3.05, 3.63) is 53.3 Å². The molecule has 7 heteroatoms. The van der Waals surface area contributed by atoms with Crippen molar-refractivity contribution in [2.75, 3.05) is 14.1 Å². The van der Waals surface area contributed by atoms with Crippen LogP contribution in [0.5, 0.6) is 0 Å². The van der Waals surface area contributed by atoms with Gasteiger partial charge in [-0.15, -0.1) is 10.2 Å². The third-order valence-corrected chi connectivity index (χ3v) is 3.15. The van der Waals surface area contributed by atoms with Crippen LogP contribution >= 0.6 is 0 Å². The van der Waals surface area contributed by atoms with E-state index in [1.807, 2.05) is 38.1 Å². The number of rotatable bonds is 2. The highest BCUT2D eigenvalue weighted by atomic mass is 16.5. The molecule has 0 atom stereocenters. The quantitative estimate of drug-likeness (QED) is 0.507. The normalized spacial score (nSPS) is 18.4. The molecule has 0 saturated heterocycles. The van der Waals surface area contributed by atoms with Gasteiger partial charge in [0.2, 0.25) is 5.91 Å². The molecule has 0 unspecified atom stereocenters. The van der Waals surface area contributed by atoms with Gasteiger partial charge in [-0.2, -0.15) is 4.73 Å². The van der Waals surface area contributed by atoms with Crippen molar-refractivity contribution < 1.29 is 10.0 Å². The van der Waals surface area contributed by atoms with Crippen LogP contribution in [0.1, 0.15) is 12.5 Å². The predicted molar refractivity (Wildman–Crippen MR) is 88.4 cm³/mol. The molecule has 1 aliphatic carbocycles. The first-order valence-electron chi connectivity index (χ1n) is 7.04. The lowest BCUT2D eigenvalue weighted by atomic mass is 10.1. The van der Waals surface area contributed by atoms with E-state index in [1.54, 1.807) is 18.2 Å². The van der Waals surface area contributed by atoms with Gasteiger partial charge in [0, 0.05) is 32.9 Å². The highest BCUT2D eigenvalue weighted by Gasteiger charge is 2.12. The second-order valence-electron chi connectivity index (χ2n) is 5.26. The number of aryl methyl sites for hydroxylation is 1. The van der Waals surface area contributed by atoms with Crippen LogP contribution in [0, 0.1) is 6.92 Å². The standard InChI is InChI=1S/C16H19N5O2/c1-11-6-5-9-21(23)16(11)19-18-14-8-7-13(20(3)4)10-15(14)17-12(2)22/h5-10,23H,1-4H3. The van der Waals surface area contributed by atoms with E-state index in [4.69, 9.17) is 0 Å². The van der Waals surface area contributed by atoms with Crippen LogP contribution in [-0.2, 0) is 4.79 Å². The summed E-state index contributed by atoms with van der Waals surface area (Å²) < 4.78 is 0.898. The minimum atomic E-state index is -0.314. The number of pyridine rings is 1. The summed E-state index contributed by atoms with van der Waals surface area (Å²) in [6.07, 6.45) is 6.83. The number of hydrogen-bond acceptors (Lipinski definition) is 5. The van der Waals surface area contributed by atoms with Crippen molar-refractivity contribution in [1.82, 2.24) is 9.63 Å². The Morgan fingerprint density at radius 3 is 2.57 bits per heavy atom. The first-order valence-corrected chi connectivity index (χ1v) is 7.04. The summed E-state index contributed by atoms with van der Waals surface area (Å²) in [5, 5.41) is 18.0. The summed E-state index contributed by atoms with van der Waals surface area (Å²) in [5.41, 5.74) is 2.88. The highest BCUT2D eigenvalue weighted by molar-refractivity contribution is 6.52. The Labute approximate surface area is 134 Å². The zero-order valence-corrected chi connectivity index (χ0v) is 13.6. The van der Waals surface area contributed by atoms with Crippen molar-refractivity contribution in [3.8, 4) is 0 Å². The molecular formula is C16H19N5O2. The van der Waals surface area contributed by atoms with Gasteiger partial charge in [-0.05, 0) is 36.8 Å².